The summed E-state index contributed by atoms with van der Waals surface area (Å²) in [6, 6.07) is 2.05. The fraction of sp³-hybridized carbons (Fsp3) is 0.500. The minimum Gasteiger partial charge on any atom is -0.508 e. The third-order valence-electron chi connectivity index (χ3n) is 7.77. The van der Waals surface area contributed by atoms with Gasteiger partial charge in [0.05, 0.1) is 17.7 Å². The van der Waals surface area contributed by atoms with Crippen molar-refractivity contribution in [2.75, 3.05) is 14.1 Å². The Morgan fingerprint density at radius 1 is 1.22 bits per heavy atom. The third-order valence-corrected chi connectivity index (χ3v) is 7.77. The average Bonchev–Trinajstić information content (AvgIpc) is 2.77. The van der Waals surface area contributed by atoms with E-state index in [1.54, 1.807) is 27.1 Å². The van der Waals surface area contributed by atoms with E-state index in [2.05, 4.69) is 0 Å². The van der Waals surface area contributed by atoms with E-state index in [-0.39, 0.29) is 29.7 Å². The van der Waals surface area contributed by atoms with E-state index >= 15 is 0 Å². The molecule has 7 N–H and O–H groups in total. The number of ketones is 2. The Hall–Kier alpha value is -3.21. The number of hydrogen-bond acceptors (Lipinski definition) is 9. The van der Waals surface area contributed by atoms with Gasteiger partial charge in [0.15, 0.2) is 11.4 Å². The van der Waals surface area contributed by atoms with Gasteiger partial charge in [-0.25, -0.2) is 0 Å². The average molecular weight is 501 g/mol. The molecule has 36 heavy (non-hydrogen) atoms. The molecule has 4 rings (SSSR count). The molecule has 0 aromatic heterocycles. The van der Waals surface area contributed by atoms with Crippen LogP contribution in [0.1, 0.15) is 42.9 Å². The highest BCUT2D eigenvalue weighted by molar-refractivity contribution is 6.24. The molecule has 1 saturated carbocycles. The Morgan fingerprint density at radius 2 is 1.89 bits per heavy atom. The SMILES string of the molecule is CC(O)CCCc1ccc(O)c2c1C[C@H]1C[C@H]3[C@@H](N(C)C)C(=O)C(C(N)=O)=C(O)[C@@]3(O)C(=O)C1=C2O. The fourth-order valence-corrected chi connectivity index (χ4v) is 6.13. The van der Waals surface area contributed by atoms with Gasteiger partial charge in [-0.05, 0) is 76.2 Å². The summed E-state index contributed by atoms with van der Waals surface area (Å²) >= 11 is 0. The lowest BCUT2D eigenvalue weighted by molar-refractivity contribution is -0.153. The minimum atomic E-state index is -2.64. The van der Waals surface area contributed by atoms with Gasteiger partial charge in [0.2, 0.25) is 5.78 Å². The lowest BCUT2D eigenvalue weighted by Gasteiger charge is -2.50. The van der Waals surface area contributed by atoms with Crippen LogP contribution in [0.3, 0.4) is 0 Å². The zero-order valence-corrected chi connectivity index (χ0v) is 20.5. The lowest BCUT2D eigenvalue weighted by Crippen LogP contribution is -2.65. The first-order valence-electron chi connectivity index (χ1n) is 12.0. The summed E-state index contributed by atoms with van der Waals surface area (Å²) in [6.45, 7) is 1.70. The van der Waals surface area contributed by atoms with Crippen LogP contribution in [-0.2, 0) is 27.2 Å². The largest absolute Gasteiger partial charge is 0.508 e. The summed E-state index contributed by atoms with van der Waals surface area (Å²) in [5.74, 6) is -6.62. The van der Waals surface area contributed by atoms with Gasteiger partial charge in [-0.2, -0.15) is 0 Å². The summed E-state index contributed by atoms with van der Waals surface area (Å²) < 4.78 is 0. The van der Waals surface area contributed by atoms with Crippen LogP contribution in [0.25, 0.3) is 5.76 Å². The van der Waals surface area contributed by atoms with Crippen molar-refractivity contribution in [2.24, 2.45) is 17.6 Å². The number of nitrogens with zero attached hydrogens (tertiary/aromatic N) is 1. The number of aromatic hydroxyl groups is 1. The van der Waals surface area contributed by atoms with E-state index in [1.165, 1.54) is 11.0 Å². The predicted octanol–water partition coefficient (Wildman–Crippen LogP) is 0.668. The third kappa shape index (κ3) is 3.71. The van der Waals surface area contributed by atoms with Crippen molar-refractivity contribution >= 4 is 23.2 Å². The quantitative estimate of drug-likeness (QED) is 0.306. The van der Waals surface area contributed by atoms with Gasteiger partial charge in [0.1, 0.15) is 22.8 Å². The maximum absolute atomic E-state index is 13.8. The molecule has 10 nitrogen and oxygen atoms in total. The summed E-state index contributed by atoms with van der Waals surface area (Å²) in [6.07, 6.45) is 1.66. The van der Waals surface area contributed by atoms with Gasteiger partial charge in [-0.15, -0.1) is 0 Å². The van der Waals surface area contributed by atoms with Gasteiger partial charge >= 0.3 is 0 Å². The van der Waals surface area contributed by atoms with Crippen LogP contribution in [0.2, 0.25) is 0 Å². The van der Waals surface area contributed by atoms with Crippen LogP contribution in [0, 0.1) is 11.8 Å². The second-order valence-electron chi connectivity index (χ2n) is 10.3. The Kier molecular flexibility index (Phi) is 6.48. The first-order chi connectivity index (χ1) is 16.8. The normalized spacial score (nSPS) is 28.7. The van der Waals surface area contributed by atoms with Crippen molar-refractivity contribution in [3.05, 3.63) is 45.7 Å². The molecule has 0 aliphatic heterocycles. The van der Waals surface area contributed by atoms with Crippen LogP contribution in [0.15, 0.2) is 29.0 Å². The number of amides is 1. The zero-order valence-electron chi connectivity index (χ0n) is 20.5. The first-order valence-corrected chi connectivity index (χ1v) is 12.0. The highest BCUT2D eigenvalue weighted by Crippen LogP contribution is 2.53. The van der Waals surface area contributed by atoms with E-state index in [0.29, 0.717) is 24.8 Å². The fourth-order valence-electron chi connectivity index (χ4n) is 6.13. The molecule has 5 atom stereocenters. The Labute approximate surface area is 208 Å². The molecule has 0 heterocycles. The molecule has 0 saturated heterocycles. The van der Waals surface area contributed by atoms with E-state index in [4.69, 9.17) is 5.73 Å². The molecule has 10 heteroatoms. The predicted molar refractivity (Wildman–Crippen MR) is 129 cm³/mol. The van der Waals surface area contributed by atoms with Crippen LogP contribution >= 0.6 is 0 Å². The Balaban J connectivity index is 1.88. The molecule has 1 fully saturated rings. The maximum Gasteiger partial charge on any atom is 0.255 e. The highest BCUT2D eigenvalue weighted by Gasteiger charge is 2.64. The smallest absolute Gasteiger partial charge is 0.255 e. The molecular formula is C26H32N2O8. The Bertz CT molecular complexity index is 1210. The van der Waals surface area contributed by atoms with E-state index in [0.717, 1.165) is 5.56 Å². The molecule has 1 aromatic carbocycles. The number of benzene rings is 1. The number of aryl methyl sites for hydroxylation is 1. The molecule has 1 unspecified atom stereocenters. The molecule has 1 amide bonds. The molecule has 0 radical (unpaired) electrons. The van der Waals surface area contributed by atoms with Crippen molar-refractivity contribution < 1.29 is 39.9 Å². The van der Waals surface area contributed by atoms with Crippen LogP contribution in [-0.4, -0.2) is 79.7 Å². The van der Waals surface area contributed by atoms with Crippen LogP contribution in [0.5, 0.6) is 5.75 Å². The summed E-state index contributed by atoms with van der Waals surface area (Å²) in [7, 11) is 3.12. The molecule has 1 aromatic rings. The number of primary amides is 1. The van der Waals surface area contributed by atoms with Crippen molar-refractivity contribution in [1.82, 2.24) is 4.90 Å². The first kappa shape index (κ1) is 25.9. The number of phenolic OH excluding ortho intramolecular Hbond substituents is 1. The highest BCUT2D eigenvalue weighted by atomic mass is 16.3. The number of aliphatic hydroxyl groups excluding tert-OH is 3. The van der Waals surface area contributed by atoms with Crippen molar-refractivity contribution in [3.8, 4) is 5.75 Å². The lowest BCUT2D eigenvalue weighted by atomic mass is 9.57. The number of carbonyl (C=O) groups is 3. The van der Waals surface area contributed by atoms with Crippen LogP contribution in [0.4, 0.5) is 0 Å². The summed E-state index contributed by atoms with van der Waals surface area (Å²) in [4.78, 5) is 40.4. The van der Waals surface area contributed by atoms with Crippen molar-refractivity contribution in [2.45, 2.75) is 56.8 Å². The number of rotatable bonds is 6. The second-order valence-corrected chi connectivity index (χ2v) is 10.3. The number of hydrogen-bond donors (Lipinski definition) is 6. The van der Waals surface area contributed by atoms with Gasteiger partial charge in [0, 0.05) is 11.5 Å². The topological polar surface area (TPSA) is 182 Å². The number of likely N-dealkylation sites (N-methyl/N-ethyl adjacent to an activating group) is 1. The van der Waals surface area contributed by atoms with Gasteiger partial charge < -0.3 is 31.3 Å². The van der Waals surface area contributed by atoms with Gasteiger partial charge in [0.25, 0.3) is 5.91 Å². The molecule has 3 aliphatic rings. The maximum atomic E-state index is 13.8. The number of carbonyl (C=O) groups excluding carboxylic acids is 3. The molecule has 0 bridgehead atoms. The Morgan fingerprint density at radius 3 is 2.47 bits per heavy atom. The zero-order chi connectivity index (χ0) is 26.7. The summed E-state index contributed by atoms with van der Waals surface area (Å²) in [5, 5.41) is 53.8. The monoisotopic (exact) mass is 500 g/mol. The minimum absolute atomic E-state index is 0.0501. The molecule has 0 spiro atoms. The number of phenols is 1. The molecular weight excluding hydrogens is 468 g/mol. The van der Waals surface area contributed by atoms with Gasteiger partial charge in [-0.1, -0.05) is 6.07 Å². The second kappa shape index (κ2) is 9.02. The number of nitrogens with two attached hydrogens (primary N) is 1. The number of fused-ring (bicyclic) bond motifs is 3. The van der Waals surface area contributed by atoms with E-state index < -0.39 is 64.1 Å². The molecule has 3 aliphatic carbocycles. The van der Waals surface area contributed by atoms with Crippen LogP contribution < -0.4 is 5.73 Å². The number of Topliss-reactive ketones (excluding diaryl/α,β-unsaturated/α-hetero) is 2. The summed E-state index contributed by atoms with van der Waals surface area (Å²) in [5.41, 5.74) is 3.27. The van der Waals surface area contributed by atoms with E-state index in [1.807, 2.05) is 0 Å². The van der Waals surface area contributed by atoms with Crippen molar-refractivity contribution in [3.63, 3.8) is 0 Å². The van der Waals surface area contributed by atoms with Crippen molar-refractivity contribution in [1.29, 1.82) is 0 Å². The standard InChI is InChI=1S/C26H32N2O8/c1-11(29)5-4-6-12-7-8-16(30)18-14(12)9-13-10-15-20(28(2)3)22(32)19(25(27)35)24(34)26(15,36)23(33)17(13)21(18)31/h7-8,11,13,15,20,29-31,34,36H,4-6,9-10H2,1-3H3,(H2,27,35)/t11?,13-,15-,20+,26-/m0/s1. The van der Waals surface area contributed by atoms with Gasteiger partial charge in [-0.3, -0.25) is 19.3 Å². The number of aliphatic hydroxyl groups is 4. The van der Waals surface area contributed by atoms with E-state index in [9.17, 15) is 39.9 Å². The molecule has 194 valence electrons.